The lowest BCUT2D eigenvalue weighted by Gasteiger charge is -2.16. The average molecular weight is 431 g/mol. The molecule has 1 amide bonds. The molecule has 1 saturated carbocycles. The fraction of sp³-hybridized carbons (Fsp3) is 0.320. The summed E-state index contributed by atoms with van der Waals surface area (Å²) in [6.07, 6.45) is 8.46. The van der Waals surface area contributed by atoms with Crippen molar-refractivity contribution in [3.63, 3.8) is 0 Å². The van der Waals surface area contributed by atoms with E-state index in [4.69, 9.17) is 13.7 Å². The molecule has 0 spiro atoms. The molecule has 0 atom stereocenters. The molecule has 32 heavy (non-hydrogen) atoms. The Hall–Kier alpha value is -3.61. The number of oxazole rings is 1. The van der Waals surface area contributed by atoms with E-state index in [-0.39, 0.29) is 11.9 Å². The van der Waals surface area contributed by atoms with Crippen molar-refractivity contribution in [2.75, 3.05) is 7.11 Å². The zero-order valence-electron chi connectivity index (χ0n) is 18.0. The Kier molecular flexibility index (Phi) is 5.62. The van der Waals surface area contributed by atoms with Crippen LogP contribution in [0.15, 0.2) is 57.7 Å². The molecule has 7 heteroatoms. The maximum Gasteiger partial charge on any atom is 0.251 e. The first kappa shape index (κ1) is 20.3. The Morgan fingerprint density at radius 2 is 1.94 bits per heavy atom. The highest BCUT2D eigenvalue weighted by atomic mass is 16.5. The maximum atomic E-state index is 12.9. The van der Waals surface area contributed by atoms with Gasteiger partial charge in [-0.15, -0.1) is 0 Å². The third-order valence-electron chi connectivity index (χ3n) is 5.99. The van der Waals surface area contributed by atoms with E-state index < -0.39 is 0 Å². The van der Waals surface area contributed by atoms with Gasteiger partial charge in [-0.25, -0.2) is 4.98 Å². The summed E-state index contributed by atoms with van der Waals surface area (Å²) in [6.45, 7) is 0. The van der Waals surface area contributed by atoms with Crippen LogP contribution < -0.4 is 10.1 Å². The van der Waals surface area contributed by atoms with Crippen LogP contribution >= 0.6 is 0 Å². The number of benzene rings is 2. The molecule has 1 N–H and O–H groups in total. The molecular formula is C25H25N3O4. The first-order valence-corrected chi connectivity index (χ1v) is 11.0. The fourth-order valence-electron chi connectivity index (χ4n) is 4.23. The maximum absolute atomic E-state index is 12.9. The Labute approximate surface area is 185 Å². The molecule has 5 rings (SSSR count). The Morgan fingerprint density at radius 3 is 2.75 bits per heavy atom. The molecule has 2 aromatic heterocycles. The summed E-state index contributed by atoms with van der Waals surface area (Å²) in [7, 11) is 1.62. The number of ether oxygens (including phenoxy) is 1. The van der Waals surface area contributed by atoms with Crippen LogP contribution in [0.4, 0.5) is 0 Å². The molecule has 7 nitrogen and oxygen atoms in total. The number of methoxy groups -OCH3 is 1. The number of hydrogen-bond donors (Lipinski definition) is 1. The molecule has 1 aliphatic carbocycles. The third-order valence-corrected chi connectivity index (χ3v) is 5.99. The number of amides is 1. The Bertz CT molecular complexity index is 1230. The quantitative estimate of drug-likeness (QED) is 0.413. The number of aromatic nitrogens is 2. The highest BCUT2D eigenvalue weighted by Crippen LogP contribution is 2.31. The van der Waals surface area contributed by atoms with Gasteiger partial charge >= 0.3 is 0 Å². The SMILES string of the molecule is COc1cccc(-c2nc(-c3noc4ccc(C(=O)NC5CCCCCC5)cc34)co2)c1. The van der Waals surface area contributed by atoms with Crippen LogP contribution in [0, 0.1) is 0 Å². The molecule has 0 saturated heterocycles. The summed E-state index contributed by atoms with van der Waals surface area (Å²) >= 11 is 0. The molecule has 0 bridgehead atoms. The Balaban J connectivity index is 1.41. The van der Waals surface area contributed by atoms with Gasteiger partial charge in [0.15, 0.2) is 5.58 Å². The Morgan fingerprint density at radius 1 is 1.09 bits per heavy atom. The summed E-state index contributed by atoms with van der Waals surface area (Å²) < 4.78 is 16.4. The molecule has 2 aromatic carbocycles. The number of nitrogens with one attached hydrogen (secondary N) is 1. The summed E-state index contributed by atoms with van der Waals surface area (Å²) in [5.74, 6) is 1.11. The molecule has 1 aliphatic rings. The second-order valence-electron chi connectivity index (χ2n) is 8.17. The average Bonchev–Trinajstić information content (AvgIpc) is 3.40. The van der Waals surface area contributed by atoms with Crippen molar-refractivity contribution in [1.82, 2.24) is 15.5 Å². The molecule has 164 valence electrons. The number of rotatable bonds is 5. The van der Waals surface area contributed by atoms with Crippen LogP contribution in [0.3, 0.4) is 0 Å². The minimum absolute atomic E-state index is 0.0665. The molecular weight excluding hydrogens is 406 g/mol. The second-order valence-corrected chi connectivity index (χ2v) is 8.17. The van der Waals surface area contributed by atoms with Gasteiger partial charge in [-0.2, -0.15) is 0 Å². The molecule has 2 heterocycles. The molecule has 0 unspecified atom stereocenters. The summed E-state index contributed by atoms with van der Waals surface area (Å²) in [5.41, 5.74) is 3.07. The van der Waals surface area contributed by atoms with Gasteiger partial charge in [0.1, 0.15) is 23.4 Å². The largest absolute Gasteiger partial charge is 0.497 e. The zero-order chi connectivity index (χ0) is 21.9. The number of fused-ring (bicyclic) bond motifs is 1. The highest BCUT2D eigenvalue weighted by molar-refractivity contribution is 6.00. The van der Waals surface area contributed by atoms with Gasteiger partial charge < -0.3 is 19.0 Å². The van der Waals surface area contributed by atoms with Crippen molar-refractivity contribution in [1.29, 1.82) is 0 Å². The van der Waals surface area contributed by atoms with Gasteiger partial charge in [-0.1, -0.05) is 36.9 Å². The normalized spacial score (nSPS) is 14.9. The first-order chi connectivity index (χ1) is 15.7. The number of carbonyl (C=O) groups excluding carboxylic acids is 1. The van der Waals surface area contributed by atoms with Crippen LogP contribution in [0.5, 0.6) is 5.75 Å². The van der Waals surface area contributed by atoms with E-state index >= 15 is 0 Å². The lowest BCUT2D eigenvalue weighted by molar-refractivity contribution is 0.0933. The number of hydrogen-bond acceptors (Lipinski definition) is 6. The van der Waals surface area contributed by atoms with Gasteiger partial charge in [-0.3, -0.25) is 4.79 Å². The van der Waals surface area contributed by atoms with Gasteiger partial charge in [-0.05, 0) is 49.2 Å². The van der Waals surface area contributed by atoms with Crippen molar-refractivity contribution in [3.05, 3.63) is 54.3 Å². The van der Waals surface area contributed by atoms with E-state index in [1.807, 2.05) is 30.3 Å². The van der Waals surface area contributed by atoms with E-state index in [1.165, 1.54) is 25.7 Å². The minimum Gasteiger partial charge on any atom is -0.497 e. The zero-order valence-corrected chi connectivity index (χ0v) is 18.0. The van der Waals surface area contributed by atoms with E-state index in [0.717, 1.165) is 29.5 Å². The number of nitrogens with zero attached hydrogens (tertiary/aromatic N) is 2. The summed E-state index contributed by atoms with van der Waals surface area (Å²) in [6, 6.07) is 13.1. The van der Waals surface area contributed by atoms with E-state index in [0.29, 0.717) is 28.4 Å². The van der Waals surface area contributed by atoms with Gasteiger partial charge in [0.2, 0.25) is 5.89 Å². The lowest BCUT2D eigenvalue weighted by Crippen LogP contribution is -2.34. The molecule has 1 fully saturated rings. The molecule has 4 aromatic rings. The van der Waals surface area contributed by atoms with Gasteiger partial charge in [0.05, 0.1) is 12.5 Å². The molecule has 0 aliphatic heterocycles. The van der Waals surface area contributed by atoms with Crippen LogP contribution in [0.1, 0.15) is 48.9 Å². The summed E-state index contributed by atoms with van der Waals surface area (Å²) in [5, 5.41) is 8.10. The van der Waals surface area contributed by atoms with E-state index in [2.05, 4.69) is 15.5 Å². The van der Waals surface area contributed by atoms with E-state index in [1.54, 1.807) is 25.5 Å². The molecule has 0 radical (unpaired) electrons. The smallest absolute Gasteiger partial charge is 0.251 e. The lowest BCUT2D eigenvalue weighted by atomic mass is 10.1. The number of carbonyl (C=O) groups is 1. The van der Waals surface area contributed by atoms with Crippen molar-refractivity contribution < 1.29 is 18.5 Å². The second kappa shape index (κ2) is 8.86. The fourth-order valence-corrected chi connectivity index (χ4v) is 4.23. The summed E-state index contributed by atoms with van der Waals surface area (Å²) in [4.78, 5) is 17.5. The van der Waals surface area contributed by atoms with Crippen molar-refractivity contribution in [2.45, 2.75) is 44.6 Å². The predicted octanol–water partition coefficient (Wildman–Crippen LogP) is 5.61. The van der Waals surface area contributed by atoms with Crippen molar-refractivity contribution in [3.8, 4) is 28.6 Å². The first-order valence-electron chi connectivity index (χ1n) is 11.0. The van der Waals surface area contributed by atoms with Gasteiger partial charge in [0, 0.05) is 17.2 Å². The third kappa shape index (κ3) is 4.10. The van der Waals surface area contributed by atoms with Crippen LogP contribution in [0.2, 0.25) is 0 Å². The predicted molar refractivity (Wildman–Crippen MR) is 120 cm³/mol. The monoisotopic (exact) mass is 431 g/mol. The highest BCUT2D eigenvalue weighted by Gasteiger charge is 2.20. The minimum atomic E-state index is -0.0665. The van der Waals surface area contributed by atoms with E-state index in [9.17, 15) is 4.79 Å². The van der Waals surface area contributed by atoms with Crippen LogP contribution in [-0.2, 0) is 0 Å². The van der Waals surface area contributed by atoms with Gasteiger partial charge in [0.25, 0.3) is 5.91 Å². The van der Waals surface area contributed by atoms with Crippen molar-refractivity contribution in [2.24, 2.45) is 0 Å². The topological polar surface area (TPSA) is 90.4 Å². The van der Waals surface area contributed by atoms with Crippen LogP contribution in [-0.4, -0.2) is 29.2 Å². The van der Waals surface area contributed by atoms with Crippen LogP contribution in [0.25, 0.3) is 33.8 Å². The van der Waals surface area contributed by atoms with Crippen molar-refractivity contribution >= 4 is 16.9 Å². The standard InChI is InChI=1S/C25H25N3O4/c1-30-19-10-6-7-17(13-19)25-27-21(15-31-25)23-20-14-16(11-12-22(20)32-28-23)24(29)26-18-8-4-2-3-5-9-18/h6-7,10-15,18H,2-5,8-9H2,1H3,(H,26,29).